The van der Waals surface area contributed by atoms with Crippen molar-refractivity contribution in [2.24, 2.45) is 0 Å². The average Bonchev–Trinajstić information content (AvgIpc) is 3.46. The summed E-state index contributed by atoms with van der Waals surface area (Å²) in [7, 11) is 0. The zero-order chi connectivity index (χ0) is 18.9. The Kier molecular flexibility index (Phi) is 4.86. The van der Waals surface area contributed by atoms with E-state index in [1.165, 1.54) is 32.6 Å². The number of rotatable bonds is 5. The molecule has 0 aliphatic carbocycles. The topological polar surface area (TPSA) is 56.9 Å². The molecule has 0 spiro atoms. The maximum Gasteiger partial charge on any atom is 0.230 e. The fourth-order valence-corrected chi connectivity index (χ4v) is 5.84. The third-order valence-electron chi connectivity index (χ3n) is 5.22. The normalized spacial score (nSPS) is 17.3. The third kappa shape index (κ3) is 3.33. The van der Waals surface area contributed by atoms with Crippen molar-refractivity contribution in [2.75, 3.05) is 26.2 Å². The molecule has 1 atom stereocenters. The molecule has 0 bridgehead atoms. The van der Waals surface area contributed by atoms with Gasteiger partial charge in [0.05, 0.1) is 10.9 Å². The molecule has 1 aliphatic rings. The van der Waals surface area contributed by atoms with Crippen molar-refractivity contribution in [3.8, 4) is 5.88 Å². The van der Waals surface area contributed by atoms with Gasteiger partial charge in [-0.25, -0.2) is 4.98 Å². The second-order valence-corrected chi connectivity index (χ2v) is 8.95. The van der Waals surface area contributed by atoms with Crippen molar-refractivity contribution in [3.63, 3.8) is 0 Å². The van der Waals surface area contributed by atoms with Gasteiger partial charge >= 0.3 is 0 Å². The summed E-state index contributed by atoms with van der Waals surface area (Å²) in [5, 5.41) is 17.0. The first-order valence-electron chi connectivity index (χ1n) is 9.35. The van der Waals surface area contributed by atoms with Gasteiger partial charge in [-0.1, -0.05) is 47.7 Å². The van der Waals surface area contributed by atoms with Gasteiger partial charge in [-0.15, -0.1) is 11.3 Å². The van der Waals surface area contributed by atoms with Gasteiger partial charge in [0.1, 0.15) is 6.33 Å². The standard InChI is InChI=1S/C20H21N5OS2/c26-19-18(28-20-21-14-22-25(19)20)17(16-7-4-12-27-16)24-10-8-23(9-11-24)13-15-5-2-1-3-6-15/h1-7,12,14,17,26H,8-11,13H2. The van der Waals surface area contributed by atoms with Gasteiger partial charge in [-0.05, 0) is 17.0 Å². The van der Waals surface area contributed by atoms with E-state index in [2.05, 4.69) is 67.7 Å². The smallest absolute Gasteiger partial charge is 0.230 e. The van der Waals surface area contributed by atoms with Gasteiger partial charge in [0.25, 0.3) is 0 Å². The van der Waals surface area contributed by atoms with Gasteiger partial charge < -0.3 is 5.11 Å². The van der Waals surface area contributed by atoms with E-state index in [9.17, 15) is 5.11 Å². The number of piperazine rings is 1. The Bertz CT molecular complexity index is 1040. The van der Waals surface area contributed by atoms with Crippen LogP contribution in [0.5, 0.6) is 5.88 Å². The largest absolute Gasteiger partial charge is 0.492 e. The van der Waals surface area contributed by atoms with Crippen LogP contribution < -0.4 is 0 Å². The Morgan fingerprint density at radius 3 is 2.57 bits per heavy atom. The molecule has 28 heavy (non-hydrogen) atoms. The first-order chi connectivity index (χ1) is 13.8. The molecule has 0 radical (unpaired) electrons. The molecule has 0 amide bonds. The number of fused-ring (bicyclic) bond motifs is 1. The summed E-state index contributed by atoms with van der Waals surface area (Å²) >= 11 is 3.26. The molecule has 1 aromatic carbocycles. The number of hydrogen-bond acceptors (Lipinski definition) is 7. The highest BCUT2D eigenvalue weighted by Gasteiger charge is 2.32. The highest BCUT2D eigenvalue weighted by atomic mass is 32.1. The number of nitrogens with zero attached hydrogens (tertiary/aromatic N) is 5. The quantitative estimate of drug-likeness (QED) is 0.545. The lowest BCUT2D eigenvalue weighted by Crippen LogP contribution is -2.47. The number of aromatic nitrogens is 3. The fraction of sp³-hybridized carbons (Fsp3) is 0.300. The van der Waals surface area contributed by atoms with Crippen LogP contribution in [-0.4, -0.2) is 55.7 Å². The van der Waals surface area contributed by atoms with Crippen LogP contribution in [-0.2, 0) is 6.54 Å². The molecule has 1 unspecified atom stereocenters. The van der Waals surface area contributed by atoms with Crippen molar-refractivity contribution >= 4 is 27.6 Å². The van der Waals surface area contributed by atoms with Crippen molar-refractivity contribution in [1.29, 1.82) is 0 Å². The van der Waals surface area contributed by atoms with E-state index in [0.717, 1.165) is 42.6 Å². The maximum atomic E-state index is 10.8. The third-order valence-corrected chi connectivity index (χ3v) is 7.23. The lowest BCUT2D eigenvalue weighted by Gasteiger charge is -2.38. The molecule has 5 rings (SSSR count). The lowest BCUT2D eigenvalue weighted by molar-refractivity contribution is 0.106. The second kappa shape index (κ2) is 7.63. The summed E-state index contributed by atoms with van der Waals surface area (Å²) in [5.74, 6) is 0.211. The second-order valence-electron chi connectivity index (χ2n) is 6.96. The minimum absolute atomic E-state index is 0.0485. The van der Waals surface area contributed by atoms with E-state index < -0.39 is 0 Å². The van der Waals surface area contributed by atoms with Crippen LogP contribution in [0.25, 0.3) is 4.96 Å². The van der Waals surface area contributed by atoms with Gasteiger partial charge in [0.2, 0.25) is 10.8 Å². The Labute approximate surface area is 171 Å². The summed E-state index contributed by atoms with van der Waals surface area (Å²) in [4.78, 5) is 12.1. The Balaban J connectivity index is 1.37. The van der Waals surface area contributed by atoms with Crippen LogP contribution in [0.4, 0.5) is 0 Å². The summed E-state index contributed by atoms with van der Waals surface area (Å²) < 4.78 is 1.53. The fourth-order valence-electron chi connectivity index (χ4n) is 3.82. The van der Waals surface area contributed by atoms with Crippen LogP contribution >= 0.6 is 22.7 Å². The van der Waals surface area contributed by atoms with Crippen LogP contribution in [0.3, 0.4) is 0 Å². The Morgan fingerprint density at radius 1 is 1.04 bits per heavy atom. The number of thiophene rings is 1. The zero-order valence-corrected chi connectivity index (χ0v) is 16.9. The van der Waals surface area contributed by atoms with E-state index in [-0.39, 0.29) is 11.9 Å². The number of benzene rings is 1. The van der Waals surface area contributed by atoms with Gasteiger partial charge in [0.15, 0.2) is 0 Å². The van der Waals surface area contributed by atoms with Crippen molar-refractivity contribution in [1.82, 2.24) is 24.4 Å². The van der Waals surface area contributed by atoms with Crippen molar-refractivity contribution < 1.29 is 5.11 Å². The monoisotopic (exact) mass is 411 g/mol. The Hall–Kier alpha value is -2.26. The number of aromatic hydroxyl groups is 1. The van der Waals surface area contributed by atoms with E-state index in [1.54, 1.807) is 11.3 Å². The number of thiazole rings is 1. The van der Waals surface area contributed by atoms with E-state index in [0.29, 0.717) is 0 Å². The summed E-state index contributed by atoms with van der Waals surface area (Å²) in [5.41, 5.74) is 1.36. The van der Waals surface area contributed by atoms with E-state index in [1.807, 2.05) is 0 Å². The Morgan fingerprint density at radius 2 is 1.86 bits per heavy atom. The van der Waals surface area contributed by atoms with Crippen molar-refractivity contribution in [2.45, 2.75) is 12.6 Å². The maximum absolute atomic E-state index is 10.8. The van der Waals surface area contributed by atoms with Gasteiger partial charge in [-0.2, -0.15) is 9.61 Å². The minimum Gasteiger partial charge on any atom is -0.492 e. The SMILES string of the molecule is Oc1c(C(c2cccs2)N2CCN(Cc3ccccc3)CC2)sc2ncnn12. The molecule has 8 heteroatoms. The molecule has 1 saturated heterocycles. The van der Waals surface area contributed by atoms with Crippen LogP contribution in [0.15, 0.2) is 54.2 Å². The van der Waals surface area contributed by atoms with Crippen LogP contribution in [0.2, 0.25) is 0 Å². The van der Waals surface area contributed by atoms with E-state index in [4.69, 9.17) is 0 Å². The lowest BCUT2D eigenvalue weighted by atomic mass is 10.1. The first-order valence-corrected chi connectivity index (χ1v) is 11.0. The highest BCUT2D eigenvalue weighted by molar-refractivity contribution is 7.17. The molecule has 3 aromatic heterocycles. The summed E-state index contributed by atoms with van der Waals surface area (Å²) in [6, 6.07) is 14.9. The minimum atomic E-state index is 0.0485. The summed E-state index contributed by atoms with van der Waals surface area (Å²) in [6.45, 7) is 4.93. The molecule has 6 nitrogen and oxygen atoms in total. The van der Waals surface area contributed by atoms with Crippen LogP contribution in [0.1, 0.15) is 21.4 Å². The highest BCUT2D eigenvalue weighted by Crippen LogP contribution is 2.41. The average molecular weight is 412 g/mol. The summed E-state index contributed by atoms with van der Waals surface area (Å²) in [6.07, 6.45) is 1.48. The van der Waals surface area contributed by atoms with Gasteiger partial charge in [-0.3, -0.25) is 9.80 Å². The zero-order valence-electron chi connectivity index (χ0n) is 15.3. The van der Waals surface area contributed by atoms with Crippen molar-refractivity contribution in [3.05, 3.63) is 69.5 Å². The molecular formula is C20H21N5OS2. The number of hydrogen-bond donors (Lipinski definition) is 1. The van der Waals surface area contributed by atoms with E-state index >= 15 is 0 Å². The van der Waals surface area contributed by atoms with Crippen LogP contribution in [0, 0.1) is 0 Å². The molecule has 1 N–H and O–H groups in total. The predicted molar refractivity (Wildman–Crippen MR) is 112 cm³/mol. The molecule has 0 saturated carbocycles. The molecule has 4 aromatic rings. The molecule has 144 valence electrons. The molecular weight excluding hydrogens is 390 g/mol. The predicted octanol–water partition coefficient (Wildman–Crippen LogP) is 3.47. The molecule has 1 aliphatic heterocycles. The molecule has 1 fully saturated rings. The first kappa shape index (κ1) is 17.8. The molecule has 4 heterocycles. The van der Waals surface area contributed by atoms with Gasteiger partial charge in [0, 0.05) is 37.6 Å².